The summed E-state index contributed by atoms with van der Waals surface area (Å²) in [5.74, 6) is -1.92. The lowest BCUT2D eigenvalue weighted by Crippen LogP contribution is -2.65. The first kappa shape index (κ1) is 25.4. The van der Waals surface area contributed by atoms with Gasteiger partial charge in [0.1, 0.15) is 35.9 Å². The molecule has 3 aliphatic heterocycles. The number of fused-ring (bicyclic) bond motifs is 8. The second-order valence-corrected chi connectivity index (χ2v) is 10.1. The number of aromatic amines is 1. The maximum Gasteiger partial charge on any atom is 0.318 e. The predicted octanol–water partition coefficient (Wildman–Crippen LogP) is 0.0437. The molecule has 1 aromatic carbocycles. The highest BCUT2D eigenvalue weighted by Gasteiger charge is 2.59. The lowest BCUT2D eigenvalue weighted by atomic mass is 9.72. The molecule has 6 rings (SSSR count). The molecule has 0 unspecified atom stereocenters. The molecule has 5 heterocycles. The smallest absolute Gasteiger partial charge is 0.318 e. The van der Waals surface area contributed by atoms with Crippen molar-refractivity contribution in [3.8, 4) is 0 Å². The number of nitrogens with zero attached hydrogens (tertiary/aromatic N) is 1. The number of esters is 1. The number of pyridine rings is 1. The Hall–Kier alpha value is -2.90. The fourth-order valence-electron chi connectivity index (χ4n) is 6.22. The normalized spacial score (nSPS) is 36.7. The first-order valence-electron chi connectivity index (χ1n) is 12.6. The third-order valence-corrected chi connectivity index (χ3v) is 8.16. The van der Waals surface area contributed by atoms with Crippen LogP contribution in [-0.4, -0.2) is 82.1 Å². The summed E-state index contributed by atoms with van der Waals surface area (Å²) in [5, 5.41) is 42.6. The first-order chi connectivity index (χ1) is 18.4. The van der Waals surface area contributed by atoms with Crippen LogP contribution in [0.5, 0.6) is 0 Å². The van der Waals surface area contributed by atoms with E-state index >= 15 is 0 Å². The van der Waals surface area contributed by atoms with Crippen molar-refractivity contribution < 1.29 is 48.7 Å². The van der Waals surface area contributed by atoms with Crippen LogP contribution in [0.2, 0.25) is 0 Å². The minimum Gasteiger partial charge on any atom is -0.469 e. The van der Waals surface area contributed by atoms with Gasteiger partial charge in [0.2, 0.25) is 5.69 Å². The van der Waals surface area contributed by atoms with Crippen molar-refractivity contribution in [2.24, 2.45) is 17.8 Å². The van der Waals surface area contributed by atoms with Gasteiger partial charge in [0.15, 0.2) is 18.8 Å². The second-order valence-electron chi connectivity index (χ2n) is 10.1. The Balaban J connectivity index is 1.40. The number of H-pyrrole nitrogens is 1. The Morgan fingerprint density at radius 1 is 1.13 bits per heavy atom. The van der Waals surface area contributed by atoms with Crippen molar-refractivity contribution in [1.82, 2.24) is 4.98 Å². The Bertz CT molecular complexity index is 1370. The number of aromatic nitrogens is 2. The summed E-state index contributed by atoms with van der Waals surface area (Å²) in [6, 6.07) is 10.0. The van der Waals surface area contributed by atoms with Gasteiger partial charge in [0.05, 0.1) is 13.7 Å². The van der Waals surface area contributed by atoms with Gasteiger partial charge in [-0.05, 0) is 6.07 Å². The summed E-state index contributed by atoms with van der Waals surface area (Å²) in [5.41, 5.74) is 2.92. The molecule has 3 aromatic rings. The largest absolute Gasteiger partial charge is 0.469 e. The number of methoxy groups -OCH3 is 1. The third kappa shape index (κ3) is 3.77. The molecular formula is C27H31N2O9+. The van der Waals surface area contributed by atoms with Crippen molar-refractivity contribution in [2.75, 3.05) is 13.7 Å². The van der Waals surface area contributed by atoms with Gasteiger partial charge in [-0.3, -0.25) is 9.53 Å². The van der Waals surface area contributed by atoms with Crippen LogP contribution in [0.15, 0.2) is 49.2 Å². The van der Waals surface area contributed by atoms with Crippen LogP contribution >= 0.6 is 0 Å². The predicted molar refractivity (Wildman–Crippen MR) is 131 cm³/mol. The van der Waals surface area contributed by atoms with E-state index < -0.39 is 67.6 Å². The summed E-state index contributed by atoms with van der Waals surface area (Å²) in [6.45, 7) is 3.38. The summed E-state index contributed by atoms with van der Waals surface area (Å²) < 4.78 is 25.0. The molecule has 2 bridgehead atoms. The maximum atomic E-state index is 13.0. The van der Waals surface area contributed by atoms with E-state index in [4.69, 9.17) is 18.9 Å². The molecule has 0 amide bonds. The zero-order valence-electron chi connectivity index (χ0n) is 20.7. The molecule has 2 fully saturated rings. The molecule has 0 spiro atoms. The standard InChI is InChI=1S/C27H30N2O9/c1-3-12-15-10-17-20-14(13-6-4-5-7-16(13)28-20)8-9-29(17)24(19(15)25(34)35-2)37-26(12)38-27-23(33)22(32)21(31)18(11-30)36-27/h3-9,12,15,18-19,21-24,26-27,30-33H,1,10-11H2,2H3/p+1/t12-,15+,18+,19+,21+,22-,23+,24-,26+,27+/m1/s1. The monoisotopic (exact) mass is 527 g/mol. The molecule has 38 heavy (non-hydrogen) atoms. The highest BCUT2D eigenvalue weighted by molar-refractivity contribution is 6.07. The third-order valence-electron chi connectivity index (χ3n) is 8.16. The van der Waals surface area contributed by atoms with Gasteiger partial charge in [-0.25, -0.2) is 0 Å². The fraction of sp³-hybridized carbons (Fsp3) is 0.481. The molecule has 0 saturated carbocycles. The SMILES string of the molecule is C=C[C@H]1[C@H](O[C@@H]2O[C@@H](CO)[C@H](O)[C@@H](O)[C@@H]2O)O[C@@H]2[C@@H](C(=O)OC)[C@H]1Cc1c3[nH]c4ccccc4c3cc[n+]12. The number of aliphatic hydroxyl groups excluding tert-OH is 4. The Labute approximate surface area is 217 Å². The molecule has 11 heteroatoms. The van der Waals surface area contributed by atoms with E-state index in [0.717, 1.165) is 27.5 Å². The molecule has 0 aliphatic carbocycles. The van der Waals surface area contributed by atoms with Gasteiger partial charge >= 0.3 is 5.97 Å². The highest BCUT2D eigenvalue weighted by atomic mass is 16.8. The number of hydrogen-bond donors (Lipinski definition) is 5. The Kier molecular flexibility index (Phi) is 6.47. The second kappa shape index (κ2) is 9.69. The summed E-state index contributed by atoms with van der Waals surface area (Å²) >= 11 is 0. The molecule has 11 nitrogen and oxygen atoms in total. The van der Waals surface area contributed by atoms with Gasteiger partial charge in [0.25, 0.3) is 6.23 Å². The Morgan fingerprint density at radius 3 is 2.66 bits per heavy atom. The van der Waals surface area contributed by atoms with Gasteiger partial charge in [0, 0.05) is 40.6 Å². The summed E-state index contributed by atoms with van der Waals surface area (Å²) in [7, 11) is 1.34. The number of hydrogen-bond acceptors (Lipinski definition) is 9. The van der Waals surface area contributed by atoms with Gasteiger partial charge in [-0.15, -0.1) is 6.58 Å². The number of carbonyl (C=O) groups is 1. The summed E-state index contributed by atoms with van der Waals surface area (Å²) in [4.78, 5) is 16.5. The molecular weight excluding hydrogens is 496 g/mol. The van der Waals surface area contributed by atoms with E-state index in [1.54, 1.807) is 6.08 Å². The number of para-hydroxylation sites is 1. The lowest BCUT2D eigenvalue weighted by Gasteiger charge is -2.47. The van der Waals surface area contributed by atoms with Crippen LogP contribution in [0, 0.1) is 17.8 Å². The van der Waals surface area contributed by atoms with Crippen LogP contribution < -0.4 is 4.57 Å². The highest BCUT2D eigenvalue weighted by Crippen LogP contribution is 2.46. The zero-order chi connectivity index (χ0) is 26.7. The molecule has 10 atom stereocenters. The topological polar surface area (TPSA) is 155 Å². The fourth-order valence-corrected chi connectivity index (χ4v) is 6.22. The molecule has 2 saturated heterocycles. The van der Waals surface area contributed by atoms with E-state index in [0.29, 0.717) is 6.42 Å². The number of aliphatic hydroxyl groups is 4. The van der Waals surface area contributed by atoms with Gasteiger partial charge < -0.3 is 39.6 Å². The molecule has 2 aromatic heterocycles. The number of rotatable bonds is 5. The number of carbonyl (C=O) groups excluding carboxylic acids is 1. The van der Waals surface area contributed by atoms with E-state index in [-0.39, 0.29) is 5.92 Å². The van der Waals surface area contributed by atoms with Crippen LogP contribution in [-0.2, 0) is 30.2 Å². The van der Waals surface area contributed by atoms with E-state index in [1.807, 2.05) is 35.0 Å². The molecule has 3 aliphatic rings. The van der Waals surface area contributed by atoms with Gasteiger partial charge in [-0.2, -0.15) is 4.57 Å². The van der Waals surface area contributed by atoms with Crippen molar-refractivity contribution >= 4 is 27.8 Å². The van der Waals surface area contributed by atoms with Crippen molar-refractivity contribution in [1.29, 1.82) is 0 Å². The average molecular weight is 528 g/mol. The molecule has 202 valence electrons. The van der Waals surface area contributed by atoms with Crippen molar-refractivity contribution in [2.45, 2.75) is 49.6 Å². The summed E-state index contributed by atoms with van der Waals surface area (Å²) in [6.07, 6.45) is -5.01. The molecule has 5 N–H and O–H groups in total. The zero-order valence-corrected chi connectivity index (χ0v) is 20.7. The van der Waals surface area contributed by atoms with Crippen LogP contribution in [0.4, 0.5) is 0 Å². The number of ether oxygens (including phenoxy) is 4. The van der Waals surface area contributed by atoms with Crippen LogP contribution in [0.25, 0.3) is 21.8 Å². The Morgan fingerprint density at radius 2 is 1.92 bits per heavy atom. The first-order valence-corrected chi connectivity index (χ1v) is 12.6. The minimum absolute atomic E-state index is 0.328. The van der Waals surface area contributed by atoms with Crippen LogP contribution in [0.3, 0.4) is 0 Å². The lowest BCUT2D eigenvalue weighted by molar-refractivity contribution is -0.791. The van der Waals surface area contributed by atoms with E-state index in [9.17, 15) is 25.2 Å². The van der Waals surface area contributed by atoms with E-state index in [1.165, 1.54) is 7.11 Å². The average Bonchev–Trinajstić information content (AvgIpc) is 3.32. The maximum absolute atomic E-state index is 13.0. The van der Waals surface area contributed by atoms with E-state index in [2.05, 4.69) is 17.6 Å². The van der Waals surface area contributed by atoms with Crippen LogP contribution in [0.1, 0.15) is 11.9 Å². The molecule has 0 radical (unpaired) electrons. The van der Waals surface area contributed by atoms with Gasteiger partial charge in [-0.1, -0.05) is 24.3 Å². The van der Waals surface area contributed by atoms with Crippen molar-refractivity contribution in [3.63, 3.8) is 0 Å². The minimum atomic E-state index is -1.59. The number of nitrogens with one attached hydrogen (secondary N) is 1. The number of benzene rings is 1. The quantitative estimate of drug-likeness (QED) is 0.176. The van der Waals surface area contributed by atoms with Crippen molar-refractivity contribution in [3.05, 3.63) is 54.9 Å².